The first-order chi connectivity index (χ1) is 8.47. The fourth-order valence-electron chi connectivity index (χ4n) is 1.69. The lowest BCUT2D eigenvalue weighted by molar-refractivity contribution is 0.175. The Morgan fingerprint density at radius 2 is 2.06 bits per heavy atom. The number of hydrogen-bond donors (Lipinski definition) is 0. The molecule has 2 rings (SSSR count). The molecule has 0 spiro atoms. The largest absolute Gasteiger partial charge is 0.447 e. The molecule has 98 valence electrons. The van der Waals surface area contributed by atoms with E-state index in [4.69, 9.17) is 8.92 Å². The highest BCUT2D eigenvalue weighted by Crippen LogP contribution is 2.23. The number of carbonyl (C=O) groups excluding carboxylic acids is 1. The molecule has 0 radical (unpaired) electrons. The third-order valence-electron chi connectivity index (χ3n) is 2.47. The molecule has 0 aromatic heterocycles. The number of hydrogen-bond acceptors (Lipinski definition) is 5. The molecule has 0 saturated carbocycles. The van der Waals surface area contributed by atoms with Gasteiger partial charge in [-0.25, -0.2) is 4.79 Å². The molecule has 0 aliphatic carbocycles. The smallest absolute Gasteiger partial charge is 0.414 e. The van der Waals surface area contributed by atoms with Crippen molar-refractivity contribution < 1.29 is 22.1 Å². The summed E-state index contributed by atoms with van der Waals surface area (Å²) in [4.78, 5) is 13.0. The van der Waals surface area contributed by atoms with Crippen molar-refractivity contribution in [3.63, 3.8) is 0 Å². The SMILES string of the molecule is CS(=O)(=O)OC[C@@H]1COC(=O)N1c1ccccc1. The number of anilines is 1. The molecule has 1 aromatic rings. The normalized spacial score (nSPS) is 19.9. The zero-order chi connectivity index (χ0) is 13.2. The first kappa shape index (κ1) is 12.8. The average molecular weight is 271 g/mol. The molecule has 1 aliphatic heterocycles. The molecule has 1 aromatic carbocycles. The number of amides is 1. The molecule has 1 aliphatic rings. The maximum atomic E-state index is 11.6. The number of cyclic esters (lactones) is 1. The minimum absolute atomic E-state index is 0.112. The quantitative estimate of drug-likeness (QED) is 0.763. The van der Waals surface area contributed by atoms with Crippen molar-refractivity contribution in [2.75, 3.05) is 24.4 Å². The van der Waals surface area contributed by atoms with Gasteiger partial charge in [0.1, 0.15) is 6.61 Å². The molecule has 1 heterocycles. The molecule has 1 saturated heterocycles. The lowest BCUT2D eigenvalue weighted by Gasteiger charge is -2.20. The molecule has 0 bridgehead atoms. The van der Waals surface area contributed by atoms with Gasteiger partial charge < -0.3 is 4.74 Å². The number of carbonyl (C=O) groups is 1. The minimum Gasteiger partial charge on any atom is -0.447 e. The molecule has 1 atom stereocenters. The lowest BCUT2D eigenvalue weighted by atomic mass is 10.2. The van der Waals surface area contributed by atoms with Crippen molar-refractivity contribution >= 4 is 21.9 Å². The van der Waals surface area contributed by atoms with E-state index in [1.54, 1.807) is 24.3 Å². The maximum Gasteiger partial charge on any atom is 0.414 e. The summed E-state index contributed by atoms with van der Waals surface area (Å²) in [5.41, 5.74) is 0.655. The van der Waals surface area contributed by atoms with Crippen LogP contribution >= 0.6 is 0 Å². The number of para-hydroxylation sites is 1. The zero-order valence-electron chi connectivity index (χ0n) is 9.78. The topological polar surface area (TPSA) is 72.9 Å². The van der Waals surface area contributed by atoms with E-state index in [0.29, 0.717) is 5.69 Å². The number of benzene rings is 1. The second kappa shape index (κ2) is 4.95. The van der Waals surface area contributed by atoms with Crippen molar-refractivity contribution in [1.82, 2.24) is 0 Å². The molecule has 6 nitrogen and oxygen atoms in total. The van der Waals surface area contributed by atoms with Crippen molar-refractivity contribution in [2.24, 2.45) is 0 Å². The molecule has 1 amide bonds. The Balaban J connectivity index is 2.14. The number of nitrogens with zero attached hydrogens (tertiary/aromatic N) is 1. The van der Waals surface area contributed by atoms with E-state index in [1.165, 1.54) is 4.90 Å². The Hall–Kier alpha value is -1.60. The Kier molecular flexibility index (Phi) is 3.53. The van der Waals surface area contributed by atoms with Crippen LogP contribution in [0.25, 0.3) is 0 Å². The van der Waals surface area contributed by atoms with Gasteiger partial charge in [-0.05, 0) is 12.1 Å². The van der Waals surface area contributed by atoms with Gasteiger partial charge in [0.05, 0.1) is 18.9 Å². The third kappa shape index (κ3) is 2.99. The van der Waals surface area contributed by atoms with Gasteiger partial charge in [0.15, 0.2) is 0 Å². The van der Waals surface area contributed by atoms with E-state index < -0.39 is 22.3 Å². The molecular weight excluding hydrogens is 258 g/mol. The van der Waals surface area contributed by atoms with Gasteiger partial charge in [0.2, 0.25) is 0 Å². The van der Waals surface area contributed by atoms with Crippen molar-refractivity contribution in [2.45, 2.75) is 6.04 Å². The van der Waals surface area contributed by atoms with Crippen molar-refractivity contribution in [1.29, 1.82) is 0 Å². The number of rotatable bonds is 4. The van der Waals surface area contributed by atoms with E-state index in [-0.39, 0.29) is 13.2 Å². The summed E-state index contributed by atoms with van der Waals surface area (Å²) in [6, 6.07) is 8.47. The van der Waals surface area contributed by atoms with Crippen LogP contribution in [-0.4, -0.2) is 40.0 Å². The second-order valence-electron chi connectivity index (χ2n) is 3.92. The van der Waals surface area contributed by atoms with Gasteiger partial charge in [-0.2, -0.15) is 8.42 Å². The molecule has 7 heteroatoms. The standard InChI is InChI=1S/C11H13NO5S/c1-18(14,15)17-8-10-7-16-11(13)12(10)9-5-3-2-4-6-9/h2-6,10H,7-8H2,1H3/t10-/m0/s1. The highest BCUT2D eigenvalue weighted by molar-refractivity contribution is 7.85. The van der Waals surface area contributed by atoms with Gasteiger partial charge in [-0.15, -0.1) is 0 Å². The van der Waals surface area contributed by atoms with E-state index >= 15 is 0 Å². The summed E-state index contributed by atoms with van der Waals surface area (Å²) in [6.45, 7) is 0.00269. The maximum absolute atomic E-state index is 11.6. The monoisotopic (exact) mass is 271 g/mol. The fraction of sp³-hybridized carbons (Fsp3) is 0.364. The van der Waals surface area contributed by atoms with Crippen LogP contribution in [0.5, 0.6) is 0 Å². The molecule has 1 fully saturated rings. The van der Waals surface area contributed by atoms with Crippen LogP contribution in [0, 0.1) is 0 Å². The van der Waals surface area contributed by atoms with Crippen LogP contribution in [0.15, 0.2) is 30.3 Å². The van der Waals surface area contributed by atoms with Gasteiger partial charge in [0.25, 0.3) is 10.1 Å². The van der Waals surface area contributed by atoms with Gasteiger partial charge in [-0.1, -0.05) is 18.2 Å². The fourth-order valence-corrected chi connectivity index (χ4v) is 2.09. The van der Waals surface area contributed by atoms with Crippen molar-refractivity contribution in [3.8, 4) is 0 Å². The van der Waals surface area contributed by atoms with Crippen LogP contribution in [0.3, 0.4) is 0 Å². The van der Waals surface area contributed by atoms with E-state index in [1.807, 2.05) is 6.07 Å². The molecular formula is C11H13NO5S. The van der Waals surface area contributed by atoms with Crippen LogP contribution in [-0.2, 0) is 19.0 Å². The summed E-state index contributed by atoms with van der Waals surface area (Å²) in [6.07, 6.45) is 0.473. The van der Waals surface area contributed by atoms with Gasteiger partial charge >= 0.3 is 6.09 Å². The summed E-state index contributed by atoms with van der Waals surface area (Å²) in [7, 11) is -3.53. The molecule has 0 unspecified atom stereocenters. The van der Waals surface area contributed by atoms with Gasteiger partial charge in [0, 0.05) is 5.69 Å². The first-order valence-electron chi connectivity index (χ1n) is 5.33. The average Bonchev–Trinajstić information content (AvgIpc) is 2.68. The zero-order valence-corrected chi connectivity index (χ0v) is 10.6. The van der Waals surface area contributed by atoms with Gasteiger partial charge in [-0.3, -0.25) is 9.08 Å². The summed E-state index contributed by atoms with van der Waals surface area (Å²) in [5, 5.41) is 0. The minimum atomic E-state index is -3.53. The Morgan fingerprint density at radius 3 is 2.67 bits per heavy atom. The van der Waals surface area contributed by atoms with E-state index in [2.05, 4.69) is 0 Å². The summed E-state index contributed by atoms with van der Waals surface area (Å²) >= 11 is 0. The summed E-state index contributed by atoms with van der Waals surface area (Å²) in [5.74, 6) is 0. The van der Waals surface area contributed by atoms with Crippen LogP contribution in [0.2, 0.25) is 0 Å². The molecule has 0 N–H and O–H groups in total. The van der Waals surface area contributed by atoms with E-state index in [0.717, 1.165) is 6.26 Å². The van der Waals surface area contributed by atoms with Crippen molar-refractivity contribution in [3.05, 3.63) is 30.3 Å². The highest BCUT2D eigenvalue weighted by atomic mass is 32.2. The third-order valence-corrected chi connectivity index (χ3v) is 3.03. The Morgan fingerprint density at radius 1 is 1.39 bits per heavy atom. The first-order valence-corrected chi connectivity index (χ1v) is 7.14. The predicted molar refractivity (Wildman–Crippen MR) is 64.9 cm³/mol. The Bertz CT molecular complexity index is 528. The summed E-state index contributed by atoms with van der Waals surface area (Å²) < 4.78 is 31.5. The molecule has 18 heavy (non-hydrogen) atoms. The van der Waals surface area contributed by atoms with Crippen LogP contribution < -0.4 is 4.90 Å². The Labute approximate surface area is 105 Å². The second-order valence-corrected chi connectivity index (χ2v) is 5.57. The number of ether oxygens (including phenoxy) is 1. The van der Waals surface area contributed by atoms with E-state index in [9.17, 15) is 13.2 Å². The lowest BCUT2D eigenvalue weighted by Crippen LogP contribution is -2.37. The highest BCUT2D eigenvalue weighted by Gasteiger charge is 2.34. The predicted octanol–water partition coefficient (Wildman–Crippen LogP) is 0.988. The van der Waals surface area contributed by atoms with Crippen LogP contribution in [0.4, 0.5) is 10.5 Å². The van der Waals surface area contributed by atoms with Crippen LogP contribution in [0.1, 0.15) is 0 Å².